The summed E-state index contributed by atoms with van der Waals surface area (Å²) in [4.78, 5) is 11.7. The highest BCUT2D eigenvalue weighted by molar-refractivity contribution is 5.82. The lowest BCUT2D eigenvalue weighted by Gasteiger charge is -2.41. The predicted molar refractivity (Wildman–Crippen MR) is 59.8 cm³/mol. The van der Waals surface area contributed by atoms with Crippen molar-refractivity contribution in [3.8, 4) is 0 Å². The average molecular weight is 198 g/mol. The van der Waals surface area contributed by atoms with Crippen LogP contribution >= 0.6 is 0 Å². The highest BCUT2D eigenvalue weighted by Crippen LogP contribution is 2.42. The molecule has 0 saturated carbocycles. The van der Waals surface area contributed by atoms with E-state index in [9.17, 15) is 4.79 Å². The van der Waals surface area contributed by atoms with Crippen molar-refractivity contribution in [2.24, 2.45) is 10.8 Å². The maximum absolute atomic E-state index is 11.7. The zero-order chi connectivity index (χ0) is 11.6. The molecule has 0 atom stereocenters. The van der Waals surface area contributed by atoms with Crippen molar-refractivity contribution in [2.45, 2.75) is 27.7 Å². The van der Waals surface area contributed by atoms with Gasteiger partial charge in [-0.25, -0.2) is 0 Å². The molecule has 82 valence electrons. The normalized spacial score (nSPS) is 12.1. The van der Waals surface area contributed by atoms with Gasteiger partial charge in [-0.05, 0) is 0 Å². The van der Waals surface area contributed by atoms with Crippen molar-refractivity contribution in [1.82, 2.24) is 10.6 Å². The number of hydrogen-bond donors (Lipinski definition) is 2. The van der Waals surface area contributed by atoms with Gasteiger partial charge < -0.3 is 10.6 Å². The van der Waals surface area contributed by atoms with Gasteiger partial charge in [0.1, 0.15) is 0 Å². The summed E-state index contributed by atoms with van der Waals surface area (Å²) in [7, 11) is 3.48. The molecule has 0 aromatic heterocycles. The van der Waals surface area contributed by atoms with Gasteiger partial charge in [-0.15, -0.1) is 0 Å². The third-order valence-electron chi connectivity index (χ3n) is 3.41. The van der Waals surface area contributed by atoms with Gasteiger partial charge in [-0.1, -0.05) is 34.3 Å². The molecule has 0 rings (SSSR count). The van der Waals surface area contributed by atoms with Crippen LogP contribution in [0.1, 0.15) is 27.7 Å². The first-order valence-corrected chi connectivity index (χ1v) is 4.81. The molecule has 0 radical (unpaired) electrons. The highest BCUT2D eigenvalue weighted by atomic mass is 16.2. The SMILES string of the molecule is C=C(NC)C(C)(C)C(C)(C)C(=O)NC. The van der Waals surface area contributed by atoms with Crippen LogP contribution in [0.3, 0.4) is 0 Å². The Bertz CT molecular complexity index is 216. The second-order valence-corrected chi connectivity index (χ2v) is 4.56. The van der Waals surface area contributed by atoms with Crippen molar-refractivity contribution in [2.75, 3.05) is 14.1 Å². The fraction of sp³-hybridized carbons (Fsp3) is 0.727. The molecule has 2 N–H and O–H groups in total. The van der Waals surface area contributed by atoms with Crippen LogP contribution in [0, 0.1) is 10.8 Å². The molecule has 0 unspecified atom stereocenters. The van der Waals surface area contributed by atoms with E-state index >= 15 is 0 Å². The van der Waals surface area contributed by atoms with Gasteiger partial charge in [-0.2, -0.15) is 0 Å². The van der Waals surface area contributed by atoms with Crippen molar-refractivity contribution in [3.05, 3.63) is 12.3 Å². The minimum absolute atomic E-state index is 0.0268. The van der Waals surface area contributed by atoms with Crippen LogP contribution in [0.2, 0.25) is 0 Å². The third-order valence-corrected chi connectivity index (χ3v) is 3.41. The van der Waals surface area contributed by atoms with Crippen molar-refractivity contribution in [1.29, 1.82) is 0 Å². The van der Waals surface area contributed by atoms with Crippen LogP contribution in [0.5, 0.6) is 0 Å². The lowest BCUT2D eigenvalue weighted by atomic mass is 9.65. The second kappa shape index (κ2) is 4.03. The zero-order valence-corrected chi connectivity index (χ0v) is 10.1. The minimum atomic E-state index is -0.484. The second-order valence-electron chi connectivity index (χ2n) is 4.56. The van der Waals surface area contributed by atoms with Gasteiger partial charge in [0, 0.05) is 25.2 Å². The van der Waals surface area contributed by atoms with Crippen LogP contribution in [0.25, 0.3) is 0 Å². The van der Waals surface area contributed by atoms with Gasteiger partial charge in [-0.3, -0.25) is 4.79 Å². The van der Waals surface area contributed by atoms with E-state index in [4.69, 9.17) is 0 Å². The first-order valence-electron chi connectivity index (χ1n) is 4.81. The topological polar surface area (TPSA) is 41.1 Å². The molecule has 0 bridgehead atoms. The van der Waals surface area contributed by atoms with Crippen LogP contribution in [-0.4, -0.2) is 20.0 Å². The summed E-state index contributed by atoms with van der Waals surface area (Å²) in [5.41, 5.74) is 0.0926. The van der Waals surface area contributed by atoms with Gasteiger partial charge in [0.25, 0.3) is 0 Å². The van der Waals surface area contributed by atoms with E-state index in [1.807, 2.05) is 34.7 Å². The third kappa shape index (κ3) is 1.91. The molecule has 3 nitrogen and oxygen atoms in total. The van der Waals surface area contributed by atoms with E-state index in [1.54, 1.807) is 7.05 Å². The number of rotatable bonds is 4. The minimum Gasteiger partial charge on any atom is -0.391 e. The van der Waals surface area contributed by atoms with Gasteiger partial charge in [0.05, 0.1) is 5.41 Å². The first-order chi connectivity index (χ1) is 6.21. The number of allylic oxidation sites excluding steroid dienone is 1. The Kier molecular flexibility index (Phi) is 3.74. The summed E-state index contributed by atoms with van der Waals surface area (Å²) in [6.45, 7) is 11.8. The van der Waals surface area contributed by atoms with E-state index < -0.39 is 5.41 Å². The van der Waals surface area contributed by atoms with Crippen LogP contribution in [0.15, 0.2) is 12.3 Å². The Morgan fingerprint density at radius 3 is 1.71 bits per heavy atom. The number of hydrogen-bond acceptors (Lipinski definition) is 2. The first kappa shape index (κ1) is 13.0. The Labute approximate surface area is 87.0 Å². The number of carbonyl (C=O) groups excluding carboxylic acids is 1. The summed E-state index contributed by atoms with van der Waals surface area (Å²) in [5.74, 6) is 0.0268. The molecule has 1 amide bonds. The standard InChI is InChI=1S/C11H22N2O/c1-8(12-6)10(2,3)11(4,5)9(14)13-7/h12H,1H2,2-7H3,(H,13,14). The van der Waals surface area contributed by atoms with Gasteiger partial charge in [0.15, 0.2) is 0 Å². The maximum atomic E-state index is 11.7. The molecular weight excluding hydrogens is 176 g/mol. The van der Waals surface area contributed by atoms with Crippen LogP contribution in [0.4, 0.5) is 0 Å². The molecule has 0 aliphatic heterocycles. The Balaban J connectivity index is 5.06. The maximum Gasteiger partial charge on any atom is 0.226 e. The largest absolute Gasteiger partial charge is 0.391 e. The molecule has 14 heavy (non-hydrogen) atoms. The fourth-order valence-electron chi connectivity index (χ4n) is 1.29. The Morgan fingerprint density at radius 1 is 1.00 bits per heavy atom. The smallest absolute Gasteiger partial charge is 0.226 e. The fourth-order valence-corrected chi connectivity index (χ4v) is 1.29. The Morgan fingerprint density at radius 2 is 1.43 bits per heavy atom. The number of amides is 1. The predicted octanol–water partition coefficient (Wildman–Crippen LogP) is 1.52. The van der Waals surface area contributed by atoms with Crippen molar-refractivity contribution >= 4 is 5.91 Å². The van der Waals surface area contributed by atoms with Crippen molar-refractivity contribution in [3.63, 3.8) is 0 Å². The summed E-state index contributed by atoms with van der Waals surface area (Å²) >= 11 is 0. The number of carbonyl (C=O) groups is 1. The number of nitrogens with one attached hydrogen (secondary N) is 2. The van der Waals surface area contributed by atoms with E-state index in [2.05, 4.69) is 17.2 Å². The molecule has 0 aliphatic carbocycles. The molecule has 0 spiro atoms. The lowest BCUT2D eigenvalue weighted by molar-refractivity contribution is -0.133. The van der Waals surface area contributed by atoms with E-state index in [-0.39, 0.29) is 11.3 Å². The van der Waals surface area contributed by atoms with Crippen molar-refractivity contribution < 1.29 is 4.79 Å². The van der Waals surface area contributed by atoms with E-state index in [1.165, 1.54) is 0 Å². The molecular formula is C11H22N2O. The van der Waals surface area contributed by atoms with E-state index in [0.29, 0.717) is 0 Å². The van der Waals surface area contributed by atoms with Crippen LogP contribution in [-0.2, 0) is 4.79 Å². The molecule has 0 aromatic rings. The summed E-state index contributed by atoms with van der Waals surface area (Å²) in [6.07, 6.45) is 0. The summed E-state index contributed by atoms with van der Waals surface area (Å²) < 4.78 is 0. The molecule has 0 fully saturated rings. The van der Waals surface area contributed by atoms with Gasteiger partial charge >= 0.3 is 0 Å². The summed E-state index contributed by atoms with van der Waals surface area (Å²) in [5, 5.41) is 5.70. The summed E-state index contributed by atoms with van der Waals surface area (Å²) in [6, 6.07) is 0. The highest BCUT2D eigenvalue weighted by Gasteiger charge is 2.44. The zero-order valence-electron chi connectivity index (χ0n) is 10.1. The quantitative estimate of drug-likeness (QED) is 0.719. The van der Waals surface area contributed by atoms with Gasteiger partial charge in [0.2, 0.25) is 5.91 Å². The molecule has 0 heterocycles. The monoisotopic (exact) mass is 198 g/mol. The van der Waals surface area contributed by atoms with Crippen LogP contribution < -0.4 is 10.6 Å². The average Bonchev–Trinajstić information content (AvgIpc) is 2.14. The molecule has 3 heteroatoms. The Hall–Kier alpha value is -0.990. The molecule has 0 aliphatic rings. The van der Waals surface area contributed by atoms with E-state index in [0.717, 1.165) is 5.70 Å². The lowest BCUT2D eigenvalue weighted by Crippen LogP contribution is -2.47. The molecule has 0 aromatic carbocycles. The molecule has 0 saturated heterocycles.